The van der Waals surface area contributed by atoms with E-state index in [9.17, 15) is 8.42 Å². The van der Waals surface area contributed by atoms with Crippen molar-refractivity contribution in [3.05, 3.63) is 29.8 Å². The van der Waals surface area contributed by atoms with E-state index in [1.54, 1.807) is 26.2 Å². The first-order valence-corrected chi connectivity index (χ1v) is 8.76. The fourth-order valence-electron chi connectivity index (χ4n) is 2.75. The summed E-state index contributed by atoms with van der Waals surface area (Å²) in [6.45, 7) is 4.18. The molecule has 1 aromatic rings. The Kier molecular flexibility index (Phi) is 7.28. The molecule has 1 aliphatic heterocycles. The van der Waals surface area contributed by atoms with E-state index in [2.05, 4.69) is 10.2 Å². The van der Waals surface area contributed by atoms with E-state index < -0.39 is 10.0 Å². The number of hydrogen-bond acceptors (Lipinski definition) is 4. The molecule has 0 saturated carbocycles. The molecule has 7 heteroatoms. The predicted octanol–water partition coefficient (Wildman–Crippen LogP) is 1.40. The van der Waals surface area contributed by atoms with E-state index in [0.717, 1.165) is 37.7 Å². The van der Waals surface area contributed by atoms with E-state index in [1.165, 1.54) is 10.7 Å². The van der Waals surface area contributed by atoms with Crippen molar-refractivity contribution in [1.82, 2.24) is 14.5 Å². The van der Waals surface area contributed by atoms with Crippen LogP contribution in [0.25, 0.3) is 0 Å². The summed E-state index contributed by atoms with van der Waals surface area (Å²) in [5.41, 5.74) is 1.16. The van der Waals surface area contributed by atoms with Crippen LogP contribution in [0.4, 0.5) is 0 Å². The summed E-state index contributed by atoms with van der Waals surface area (Å²) in [6.07, 6.45) is 1.23. The maximum atomic E-state index is 12.0. The number of nitrogens with zero attached hydrogens (tertiary/aromatic N) is 2. The van der Waals surface area contributed by atoms with Gasteiger partial charge in [-0.25, -0.2) is 12.7 Å². The molecule has 1 N–H and O–H groups in total. The minimum absolute atomic E-state index is 0. The van der Waals surface area contributed by atoms with Crippen molar-refractivity contribution in [2.45, 2.75) is 17.9 Å². The Labute approximate surface area is 140 Å². The SMILES string of the molecule is CNCC1CCN(Cc2ccc(S(=O)(=O)N(C)C)cc2)C1.Cl. The van der Waals surface area contributed by atoms with Crippen molar-refractivity contribution >= 4 is 22.4 Å². The van der Waals surface area contributed by atoms with Crippen molar-refractivity contribution in [2.75, 3.05) is 40.8 Å². The van der Waals surface area contributed by atoms with E-state index in [0.29, 0.717) is 4.90 Å². The lowest BCUT2D eigenvalue weighted by atomic mass is 10.1. The van der Waals surface area contributed by atoms with Gasteiger partial charge >= 0.3 is 0 Å². The molecule has 1 aromatic carbocycles. The first kappa shape index (κ1) is 19.4. The number of sulfonamides is 1. The Morgan fingerprint density at radius 1 is 1.27 bits per heavy atom. The van der Waals surface area contributed by atoms with Gasteiger partial charge in [0.1, 0.15) is 0 Å². The topological polar surface area (TPSA) is 52.7 Å². The van der Waals surface area contributed by atoms with Crippen LogP contribution in [-0.4, -0.2) is 58.4 Å². The summed E-state index contributed by atoms with van der Waals surface area (Å²) in [4.78, 5) is 2.78. The highest BCUT2D eigenvalue weighted by Gasteiger charge is 2.22. The molecule has 0 spiro atoms. The van der Waals surface area contributed by atoms with Crippen molar-refractivity contribution in [3.8, 4) is 0 Å². The number of hydrogen-bond donors (Lipinski definition) is 1. The number of rotatable bonds is 6. The molecule has 1 saturated heterocycles. The van der Waals surface area contributed by atoms with Crippen molar-refractivity contribution < 1.29 is 8.42 Å². The van der Waals surface area contributed by atoms with Gasteiger partial charge < -0.3 is 5.32 Å². The summed E-state index contributed by atoms with van der Waals surface area (Å²) >= 11 is 0. The van der Waals surface area contributed by atoms with Crippen LogP contribution in [0.2, 0.25) is 0 Å². The molecule has 1 aliphatic rings. The Bertz CT molecular complexity index is 561. The van der Waals surface area contributed by atoms with Gasteiger partial charge in [-0.2, -0.15) is 0 Å². The third-order valence-corrected chi connectivity index (χ3v) is 5.80. The highest BCUT2D eigenvalue weighted by Crippen LogP contribution is 2.19. The average molecular weight is 348 g/mol. The second-order valence-corrected chi connectivity index (χ2v) is 8.03. The molecule has 2 rings (SSSR count). The van der Waals surface area contributed by atoms with E-state index in [1.807, 2.05) is 19.2 Å². The molecule has 126 valence electrons. The Morgan fingerprint density at radius 3 is 2.45 bits per heavy atom. The minimum Gasteiger partial charge on any atom is -0.319 e. The van der Waals surface area contributed by atoms with E-state index in [4.69, 9.17) is 0 Å². The number of halogens is 1. The minimum atomic E-state index is -3.33. The van der Waals surface area contributed by atoms with Gasteiger partial charge in [0.25, 0.3) is 0 Å². The van der Waals surface area contributed by atoms with Gasteiger partial charge in [-0.3, -0.25) is 4.90 Å². The highest BCUT2D eigenvalue weighted by molar-refractivity contribution is 7.89. The predicted molar refractivity (Wildman–Crippen MR) is 91.9 cm³/mol. The fraction of sp³-hybridized carbons (Fsp3) is 0.600. The van der Waals surface area contributed by atoms with Crippen LogP contribution < -0.4 is 5.32 Å². The van der Waals surface area contributed by atoms with Crippen LogP contribution in [0, 0.1) is 5.92 Å². The van der Waals surface area contributed by atoms with Gasteiger partial charge in [0.05, 0.1) is 4.90 Å². The van der Waals surface area contributed by atoms with Gasteiger partial charge in [-0.1, -0.05) is 12.1 Å². The highest BCUT2D eigenvalue weighted by atomic mass is 35.5. The van der Waals surface area contributed by atoms with Crippen molar-refractivity contribution in [1.29, 1.82) is 0 Å². The number of nitrogens with one attached hydrogen (secondary N) is 1. The normalized spacial score (nSPS) is 19.4. The Morgan fingerprint density at radius 2 is 1.91 bits per heavy atom. The molecule has 0 radical (unpaired) electrons. The van der Waals surface area contributed by atoms with Crippen LogP contribution in [-0.2, 0) is 16.6 Å². The van der Waals surface area contributed by atoms with Gasteiger partial charge in [-0.05, 0) is 50.2 Å². The van der Waals surface area contributed by atoms with Gasteiger partial charge in [0, 0.05) is 27.2 Å². The van der Waals surface area contributed by atoms with Crippen LogP contribution in [0.15, 0.2) is 29.2 Å². The van der Waals surface area contributed by atoms with Crippen LogP contribution >= 0.6 is 12.4 Å². The third kappa shape index (κ3) is 4.67. The molecule has 5 nitrogen and oxygen atoms in total. The lowest BCUT2D eigenvalue weighted by Crippen LogP contribution is -2.24. The summed E-state index contributed by atoms with van der Waals surface area (Å²) < 4.78 is 25.3. The lowest BCUT2D eigenvalue weighted by Gasteiger charge is -2.17. The first-order chi connectivity index (χ1) is 9.93. The maximum absolute atomic E-state index is 12.0. The molecular formula is C15H26ClN3O2S. The Hall–Kier alpha value is -0.660. The monoisotopic (exact) mass is 347 g/mol. The molecule has 0 bridgehead atoms. The summed E-state index contributed by atoms with van der Waals surface area (Å²) in [5.74, 6) is 0.725. The zero-order valence-corrected chi connectivity index (χ0v) is 15.1. The molecule has 1 atom stereocenters. The molecule has 0 aliphatic carbocycles. The molecule has 22 heavy (non-hydrogen) atoms. The molecular weight excluding hydrogens is 322 g/mol. The smallest absolute Gasteiger partial charge is 0.242 e. The molecule has 0 aromatic heterocycles. The van der Waals surface area contributed by atoms with Crippen molar-refractivity contribution in [3.63, 3.8) is 0 Å². The van der Waals surface area contributed by atoms with Gasteiger partial charge in [0.2, 0.25) is 10.0 Å². The van der Waals surface area contributed by atoms with Crippen LogP contribution in [0.5, 0.6) is 0 Å². The molecule has 1 unspecified atom stereocenters. The lowest BCUT2D eigenvalue weighted by molar-refractivity contribution is 0.315. The molecule has 0 amide bonds. The Balaban J connectivity index is 0.00000242. The van der Waals surface area contributed by atoms with Gasteiger partial charge in [0.15, 0.2) is 0 Å². The van der Waals surface area contributed by atoms with Crippen LogP contribution in [0.1, 0.15) is 12.0 Å². The van der Waals surface area contributed by atoms with Crippen molar-refractivity contribution in [2.24, 2.45) is 5.92 Å². The second-order valence-electron chi connectivity index (χ2n) is 5.88. The number of likely N-dealkylation sites (tertiary alicyclic amines) is 1. The zero-order valence-electron chi connectivity index (χ0n) is 13.4. The standard InChI is InChI=1S/C15H25N3O2S.ClH/c1-16-10-14-8-9-18(12-14)11-13-4-6-15(7-5-13)21(19,20)17(2)3;/h4-7,14,16H,8-12H2,1-3H3;1H. The third-order valence-electron chi connectivity index (χ3n) is 3.97. The van der Waals surface area contributed by atoms with Crippen LogP contribution in [0.3, 0.4) is 0 Å². The van der Waals surface area contributed by atoms with Gasteiger partial charge in [-0.15, -0.1) is 12.4 Å². The van der Waals surface area contributed by atoms with E-state index >= 15 is 0 Å². The number of benzene rings is 1. The van der Waals surface area contributed by atoms with E-state index in [-0.39, 0.29) is 12.4 Å². The largest absolute Gasteiger partial charge is 0.319 e. The maximum Gasteiger partial charge on any atom is 0.242 e. The quantitative estimate of drug-likeness (QED) is 0.845. The first-order valence-electron chi connectivity index (χ1n) is 7.32. The second kappa shape index (κ2) is 8.26. The summed E-state index contributed by atoms with van der Waals surface area (Å²) in [6, 6.07) is 7.24. The molecule has 1 heterocycles. The average Bonchev–Trinajstić information content (AvgIpc) is 2.87. The summed E-state index contributed by atoms with van der Waals surface area (Å²) in [7, 11) is 1.77. The fourth-order valence-corrected chi connectivity index (χ4v) is 3.65. The zero-order chi connectivity index (χ0) is 15.5. The molecule has 1 fully saturated rings. The summed E-state index contributed by atoms with van der Waals surface area (Å²) in [5, 5.41) is 3.23.